The fourth-order valence-corrected chi connectivity index (χ4v) is 3.51. The van der Waals surface area contributed by atoms with Gasteiger partial charge in [0.15, 0.2) is 5.82 Å². The Morgan fingerprint density at radius 1 is 1.11 bits per heavy atom. The van der Waals surface area contributed by atoms with E-state index in [1.54, 1.807) is 22.7 Å². The molecule has 0 spiro atoms. The predicted molar refractivity (Wildman–Crippen MR) is 74.7 cm³/mol. The summed E-state index contributed by atoms with van der Waals surface area (Å²) in [6, 6.07) is 1.94. The van der Waals surface area contributed by atoms with Gasteiger partial charge in [0.05, 0.1) is 38.4 Å². The number of anilines is 1. The van der Waals surface area contributed by atoms with E-state index in [0.717, 1.165) is 28.3 Å². The van der Waals surface area contributed by atoms with E-state index in [1.807, 2.05) is 23.3 Å². The largest absolute Gasteiger partial charge is 0.326 e. The maximum absolute atomic E-state index is 4.48. The van der Waals surface area contributed by atoms with Gasteiger partial charge in [-0.25, -0.2) is 15.0 Å². The van der Waals surface area contributed by atoms with Crippen LogP contribution in [0.5, 0.6) is 0 Å². The molecule has 18 heavy (non-hydrogen) atoms. The smallest absolute Gasteiger partial charge is 0.152 e. The van der Waals surface area contributed by atoms with Gasteiger partial charge >= 0.3 is 0 Å². The summed E-state index contributed by atoms with van der Waals surface area (Å²) in [5, 5.41) is 0. The summed E-state index contributed by atoms with van der Waals surface area (Å²) < 4.78 is 1.13. The first-order valence-electron chi connectivity index (χ1n) is 5.47. The lowest BCUT2D eigenvalue weighted by Crippen LogP contribution is -2.19. The van der Waals surface area contributed by atoms with E-state index in [4.69, 9.17) is 0 Å². The maximum atomic E-state index is 4.48. The van der Waals surface area contributed by atoms with Gasteiger partial charge in [-0.2, -0.15) is 0 Å². The highest BCUT2D eigenvalue weighted by molar-refractivity contribution is 7.17. The summed E-state index contributed by atoms with van der Waals surface area (Å²) in [7, 11) is 0. The van der Waals surface area contributed by atoms with Gasteiger partial charge in [0.25, 0.3) is 0 Å². The van der Waals surface area contributed by atoms with Crippen molar-refractivity contribution in [2.45, 2.75) is 6.54 Å². The molecular weight excluding hydrogens is 264 g/mol. The van der Waals surface area contributed by atoms with Gasteiger partial charge in [-0.15, -0.1) is 22.7 Å². The van der Waals surface area contributed by atoms with Crippen LogP contribution in [0.25, 0.3) is 16.3 Å². The molecule has 0 aliphatic carbocycles. The van der Waals surface area contributed by atoms with Gasteiger partial charge in [0.1, 0.15) is 0 Å². The van der Waals surface area contributed by atoms with Crippen LogP contribution in [0.2, 0.25) is 0 Å². The lowest BCUT2D eigenvalue weighted by atomic mass is 10.2. The van der Waals surface area contributed by atoms with Crippen molar-refractivity contribution in [1.82, 2.24) is 15.0 Å². The van der Waals surface area contributed by atoms with Gasteiger partial charge in [0, 0.05) is 12.4 Å². The Morgan fingerprint density at radius 3 is 3.06 bits per heavy atom. The molecule has 4 heterocycles. The van der Waals surface area contributed by atoms with Crippen LogP contribution in [-0.2, 0) is 6.54 Å². The van der Waals surface area contributed by atoms with E-state index < -0.39 is 0 Å². The number of fused-ring (bicyclic) bond motifs is 2. The average molecular weight is 272 g/mol. The zero-order valence-electron chi connectivity index (χ0n) is 9.28. The van der Waals surface area contributed by atoms with Gasteiger partial charge < -0.3 is 4.90 Å². The molecule has 0 N–H and O–H groups in total. The monoisotopic (exact) mass is 272 g/mol. The molecule has 0 unspecified atom stereocenters. The van der Waals surface area contributed by atoms with Crippen molar-refractivity contribution in [1.29, 1.82) is 0 Å². The average Bonchev–Trinajstić information content (AvgIpc) is 3.05. The van der Waals surface area contributed by atoms with Crippen molar-refractivity contribution >= 4 is 44.8 Å². The number of aromatic nitrogens is 3. The molecule has 0 aromatic carbocycles. The summed E-state index contributed by atoms with van der Waals surface area (Å²) in [4.78, 5) is 16.6. The Balaban J connectivity index is 1.83. The summed E-state index contributed by atoms with van der Waals surface area (Å²) in [6.45, 7) is 0.777. The summed E-state index contributed by atoms with van der Waals surface area (Å²) in [5.41, 5.74) is 5.87. The topological polar surface area (TPSA) is 41.9 Å². The lowest BCUT2D eigenvalue weighted by molar-refractivity contribution is 0.907. The van der Waals surface area contributed by atoms with Gasteiger partial charge in [-0.1, -0.05) is 0 Å². The first-order chi connectivity index (χ1) is 8.92. The number of thiazole rings is 2. The molecule has 88 valence electrons. The molecule has 0 amide bonds. The highest BCUT2D eigenvalue weighted by Crippen LogP contribution is 2.31. The molecule has 0 bridgehead atoms. The molecule has 3 aromatic heterocycles. The van der Waals surface area contributed by atoms with E-state index in [-0.39, 0.29) is 0 Å². The fourth-order valence-electron chi connectivity index (χ4n) is 2.03. The van der Waals surface area contributed by atoms with Crippen LogP contribution in [0.15, 0.2) is 29.5 Å². The predicted octanol–water partition coefficient (Wildman–Crippen LogP) is 3.14. The van der Waals surface area contributed by atoms with Crippen molar-refractivity contribution in [3.8, 4) is 0 Å². The third-order valence-electron chi connectivity index (χ3n) is 2.90. The van der Waals surface area contributed by atoms with E-state index in [1.165, 1.54) is 4.88 Å². The molecule has 6 heteroatoms. The highest BCUT2D eigenvalue weighted by Gasteiger charge is 2.17. The van der Waals surface area contributed by atoms with E-state index in [9.17, 15) is 0 Å². The SMILES string of the molecule is C1=CN(c2nccc3ncsc23)Cc2ncsc21. The molecule has 4 rings (SSSR count). The number of rotatable bonds is 1. The van der Waals surface area contributed by atoms with Crippen molar-refractivity contribution < 1.29 is 0 Å². The molecule has 0 saturated carbocycles. The fraction of sp³-hybridized carbons (Fsp3) is 0.0833. The second-order valence-corrected chi connectivity index (χ2v) is 5.68. The quantitative estimate of drug-likeness (QED) is 0.682. The first-order valence-corrected chi connectivity index (χ1v) is 7.23. The zero-order chi connectivity index (χ0) is 11.9. The van der Waals surface area contributed by atoms with E-state index in [2.05, 4.69) is 32.1 Å². The second kappa shape index (κ2) is 3.86. The molecule has 0 saturated heterocycles. The Labute approximate surface area is 111 Å². The number of nitrogens with zero attached hydrogens (tertiary/aromatic N) is 4. The van der Waals surface area contributed by atoms with Crippen molar-refractivity contribution in [3.05, 3.63) is 40.1 Å². The minimum atomic E-state index is 0.777. The van der Waals surface area contributed by atoms with Crippen LogP contribution < -0.4 is 4.90 Å². The van der Waals surface area contributed by atoms with Crippen molar-refractivity contribution in [2.24, 2.45) is 0 Å². The number of hydrogen-bond donors (Lipinski definition) is 0. The van der Waals surface area contributed by atoms with Crippen molar-refractivity contribution in [3.63, 3.8) is 0 Å². The second-order valence-electron chi connectivity index (χ2n) is 3.94. The summed E-state index contributed by atoms with van der Waals surface area (Å²) in [6.07, 6.45) is 5.97. The third kappa shape index (κ3) is 1.46. The van der Waals surface area contributed by atoms with Crippen LogP contribution >= 0.6 is 22.7 Å². The van der Waals surface area contributed by atoms with Gasteiger partial charge in [0.2, 0.25) is 0 Å². The molecule has 1 aliphatic rings. The molecule has 0 atom stereocenters. The van der Waals surface area contributed by atoms with Crippen LogP contribution in [-0.4, -0.2) is 15.0 Å². The molecular formula is C12H8N4S2. The Hall–Kier alpha value is -1.79. The Bertz CT molecular complexity index is 743. The molecule has 4 nitrogen and oxygen atoms in total. The van der Waals surface area contributed by atoms with Crippen LogP contribution in [0.4, 0.5) is 5.82 Å². The standard InChI is InChI=1S/C12H8N4S2/c1-3-13-12(11-8(1)14-7-18-11)16-4-2-10-9(5-16)15-6-17-10/h1-4,6-7H,5H2. The number of pyridine rings is 1. The van der Waals surface area contributed by atoms with Crippen LogP contribution in [0.3, 0.4) is 0 Å². The maximum Gasteiger partial charge on any atom is 0.152 e. The third-order valence-corrected chi connectivity index (χ3v) is 4.57. The van der Waals surface area contributed by atoms with Crippen LogP contribution in [0, 0.1) is 0 Å². The zero-order valence-corrected chi connectivity index (χ0v) is 10.9. The van der Waals surface area contributed by atoms with Crippen molar-refractivity contribution in [2.75, 3.05) is 4.90 Å². The van der Waals surface area contributed by atoms with E-state index in [0.29, 0.717) is 0 Å². The molecule has 0 fully saturated rings. The minimum absolute atomic E-state index is 0.777. The van der Waals surface area contributed by atoms with Gasteiger partial charge in [-0.05, 0) is 12.1 Å². The van der Waals surface area contributed by atoms with Gasteiger partial charge in [-0.3, -0.25) is 0 Å². The minimum Gasteiger partial charge on any atom is -0.326 e. The molecule has 0 radical (unpaired) electrons. The lowest BCUT2D eigenvalue weighted by Gasteiger charge is -2.21. The van der Waals surface area contributed by atoms with Crippen LogP contribution in [0.1, 0.15) is 10.6 Å². The Kier molecular flexibility index (Phi) is 2.18. The first kappa shape index (κ1) is 10.2. The molecule has 3 aromatic rings. The summed E-state index contributed by atoms with van der Waals surface area (Å²) in [5.74, 6) is 0.963. The molecule has 1 aliphatic heterocycles. The van der Waals surface area contributed by atoms with E-state index >= 15 is 0 Å². The normalized spacial score (nSPS) is 14.1. The highest BCUT2D eigenvalue weighted by atomic mass is 32.1. The number of hydrogen-bond acceptors (Lipinski definition) is 6. The summed E-state index contributed by atoms with van der Waals surface area (Å²) >= 11 is 3.30. The Morgan fingerprint density at radius 2 is 2.06 bits per heavy atom.